The van der Waals surface area contributed by atoms with Crippen LogP contribution in [0, 0.1) is 0 Å². The highest BCUT2D eigenvalue weighted by atomic mass is 16.5. The molecule has 1 fully saturated rings. The largest absolute Gasteiger partial charge is 0.462 e. The molecule has 1 aliphatic carbocycles. The van der Waals surface area contributed by atoms with Crippen molar-refractivity contribution >= 4 is 11.8 Å². The number of carbonyl (C=O) groups excluding carboxylic acids is 1. The molecule has 0 radical (unpaired) electrons. The number of esters is 1. The van der Waals surface area contributed by atoms with Gasteiger partial charge in [0.1, 0.15) is 5.82 Å². The van der Waals surface area contributed by atoms with Crippen LogP contribution in [0.4, 0.5) is 5.82 Å². The summed E-state index contributed by atoms with van der Waals surface area (Å²) in [4.78, 5) is 15.8. The molecule has 0 saturated heterocycles. The molecule has 0 aliphatic heterocycles. The Labute approximate surface area is 114 Å². The maximum absolute atomic E-state index is 11.5. The number of anilines is 1. The van der Waals surface area contributed by atoms with Crippen LogP contribution in [-0.2, 0) is 4.74 Å². The second-order valence-electron chi connectivity index (χ2n) is 5.40. The van der Waals surface area contributed by atoms with E-state index in [0.717, 1.165) is 5.82 Å². The third-order valence-corrected chi connectivity index (χ3v) is 3.66. The molecule has 0 unspecified atom stereocenters. The van der Waals surface area contributed by atoms with Gasteiger partial charge in [-0.15, -0.1) is 0 Å². The summed E-state index contributed by atoms with van der Waals surface area (Å²) in [6.45, 7) is 4.43. The highest BCUT2D eigenvalue weighted by Gasteiger charge is 2.26. The van der Waals surface area contributed by atoms with E-state index in [1.165, 1.54) is 32.1 Å². The second kappa shape index (κ2) is 6.04. The fourth-order valence-electron chi connectivity index (χ4n) is 2.57. The van der Waals surface area contributed by atoms with Crippen molar-refractivity contribution in [1.82, 2.24) is 4.98 Å². The van der Waals surface area contributed by atoms with Crippen molar-refractivity contribution in [2.45, 2.75) is 51.5 Å². The molecule has 2 rings (SSSR count). The molecule has 104 valence electrons. The zero-order valence-corrected chi connectivity index (χ0v) is 11.7. The van der Waals surface area contributed by atoms with Gasteiger partial charge < -0.3 is 10.1 Å². The Morgan fingerprint density at radius 3 is 2.68 bits per heavy atom. The van der Waals surface area contributed by atoms with Gasteiger partial charge >= 0.3 is 5.97 Å². The average molecular weight is 262 g/mol. The fraction of sp³-hybridized carbons (Fsp3) is 0.600. The summed E-state index contributed by atoms with van der Waals surface area (Å²) >= 11 is 0. The van der Waals surface area contributed by atoms with Gasteiger partial charge in [0.2, 0.25) is 0 Å². The van der Waals surface area contributed by atoms with E-state index >= 15 is 0 Å². The number of hydrogen-bond donors (Lipinski definition) is 1. The van der Waals surface area contributed by atoms with E-state index in [1.807, 2.05) is 6.07 Å². The molecule has 19 heavy (non-hydrogen) atoms. The molecule has 4 nitrogen and oxygen atoms in total. The molecule has 1 aromatic heterocycles. The molecule has 1 N–H and O–H groups in total. The summed E-state index contributed by atoms with van der Waals surface area (Å²) in [6.07, 6.45) is 7.79. The number of hydrogen-bond acceptors (Lipinski definition) is 4. The Bertz CT molecular complexity index is 422. The lowest BCUT2D eigenvalue weighted by Gasteiger charge is -2.35. The van der Waals surface area contributed by atoms with Crippen LogP contribution in [0.2, 0.25) is 0 Å². The van der Waals surface area contributed by atoms with Crippen LogP contribution < -0.4 is 5.32 Å². The predicted octanol–water partition coefficient (Wildman–Crippen LogP) is 3.39. The van der Waals surface area contributed by atoms with Crippen LogP contribution >= 0.6 is 0 Å². The van der Waals surface area contributed by atoms with Gasteiger partial charge in [-0.25, -0.2) is 9.78 Å². The normalized spacial score (nSPS) is 17.8. The topological polar surface area (TPSA) is 51.2 Å². The molecule has 1 saturated carbocycles. The van der Waals surface area contributed by atoms with E-state index in [2.05, 4.69) is 17.2 Å². The van der Waals surface area contributed by atoms with Crippen LogP contribution in [0.25, 0.3) is 0 Å². The SMILES string of the molecule is CCOC(=O)c1ccc(NC2(C)CCCCC2)nc1. The van der Waals surface area contributed by atoms with Crippen LogP contribution in [0.5, 0.6) is 0 Å². The lowest BCUT2D eigenvalue weighted by molar-refractivity contribution is 0.0526. The zero-order chi connectivity index (χ0) is 13.7. The highest BCUT2D eigenvalue weighted by molar-refractivity contribution is 5.89. The van der Waals surface area contributed by atoms with Crippen LogP contribution in [0.15, 0.2) is 18.3 Å². The molecular formula is C15H22N2O2. The second-order valence-corrected chi connectivity index (χ2v) is 5.40. The number of pyridine rings is 1. The maximum atomic E-state index is 11.5. The molecule has 1 aliphatic rings. The van der Waals surface area contributed by atoms with Gasteiger partial charge in [-0.2, -0.15) is 0 Å². The molecule has 0 spiro atoms. The molecular weight excluding hydrogens is 240 g/mol. The maximum Gasteiger partial charge on any atom is 0.339 e. The summed E-state index contributed by atoms with van der Waals surface area (Å²) < 4.78 is 4.94. The van der Waals surface area contributed by atoms with Gasteiger partial charge in [-0.3, -0.25) is 0 Å². The van der Waals surface area contributed by atoms with E-state index in [1.54, 1.807) is 19.2 Å². The van der Waals surface area contributed by atoms with E-state index in [4.69, 9.17) is 4.74 Å². The van der Waals surface area contributed by atoms with Gasteiger partial charge in [0.25, 0.3) is 0 Å². The van der Waals surface area contributed by atoms with Crippen molar-refractivity contribution in [3.05, 3.63) is 23.9 Å². The minimum atomic E-state index is -0.314. The Morgan fingerprint density at radius 1 is 1.37 bits per heavy atom. The van der Waals surface area contributed by atoms with Crippen molar-refractivity contribution in [2.24, 2.45) is 0 Å². The Balaban J connectivity index is 2.00. The van der Waals surface area contributed by atoms with E-state index in [0.29, 0.717) is 12.2 Å². The summed E-state index contributed by atoms with van der Waals surface area (Å²) in [7, 11) is 0. The van der Waals surface area contributed by atoms with Crippen molar-refractivity contribution < 1.29 is 9.53 Å². The molecule has 0 aromatic carbocycles. The minimum Gasteiger partial charge on any atom is -0.462 e. The smallest absolute Gasteiger partial charge is 0.339 e. The Morgan fingerprint density at radius 2 is 2.11 bits per heavy atom. The number of carbonyl (C=O) groups is 1. The molecule has 0 atom stereocenters. The predicted molar refractivity (Wildman–Crippen MR) is 75.3 cm³/mol. The summed E-state index contributed by atoms with van der Waals surface area (Å²) in [5.41, 5.74) is 0.637. The minimum absolute atomic E-state index is 0.136. The number of nitrogens with zero attached hydrogens (tertiary/aromatic N) is 1. The molecule has 1 heterocycles. The first-order chi connectivity index (χ1) is 9.13. The van der Waals surface area contributed by atoms with Crippen LogP contribution in [0.1, 0.15) is 56.3 Å². The van der Waals surface area contributed by atoms with Crippen molar-refractivity contribution in [3.8, 4) is 0 Å². The number of aromatic nitrogens is 1. The number of ether oxygens (including phenoxy) is 1. The standard InChI is InChI=1S/C15H22N2O2/c1-3-19-14(18)12-7-8-13(16-11-12)17-15(2)9-5-4-6-10-15/h7-8,11H,3-6,9-10H2,1-2H3,(H,16,17). The lowest BCUT2D eigenvalue weighted by atomic mass is 9.83. The lowest BCUT2D eigenvalue weighted by Crippen LogP contribution is -2.37. The quantitative estimate of drug-likeness (QED) is 0.845. The number of nitrogens with one attached hydrogen (secondary N) is 1. The van der Waals surface area contributed by atoms with Crippen molar-refractivity contribution in [2.75, 3.05) is 11.9 Å². The third kappa shape index (κ3) is 3.69. The van der Waals surface area contributed by atoms with Crippen LogP contribution in [0.3, 0.4) is 0 Å². The fourth-order valence-corrected chi connectivity index (χ4v) is 2.57. The van der Waals surface area contributed by atoms with Gasteiger partial charge in [-0.05, 0) is 38.8 Å². The Kier molecular flexibility index (Phi) is 4.40. The van der Waals surface area contributed by atoms with Gasteiger partial charge in [0, 0.05) is 11.7 Å². The Hall–Kier alpha value is -1.58. The summed E-state index contributed by atoms with van der Waals surface area (Å²) in [5.74, 6) is 0.517. The third-order valence-electron chi connectivity index (χ3n) is 3.66. The van der Waals surface area contributed by atoms with Crippen molar-refractivity contribution in [1.29, 1.82) is 0 Å². The summed E-state index contributed by atoms with van der Waals surface area (Å²) in [6, 6.07) is 3.62. The van der Waals surface area contributed by atoms with E-state index in [-0.39, 0.29) is 11.5 Å². The molecule has 1 aromatic rings. The first-order valence-corrected chi connectivity index (χ1v) is 7.04. The number of rotatable bonds is 4. The van der Waals surface area contributed by atoms with Crippen LogP contribution in [-0.4, -0.2) is 23.1 Å². The zero-order valence-electron chi connectivity index (χ0n) is 11.7. The van der Waals surface area contributed by atoms with Gasteiger partial charge in [0.05, 0.1) is 12.2 Å². The van der Waals surface area contributed by atoms with Gasteiger partial charge in [0.15, 0.2) is 0 Å². The summed E-state index contributed by atoms with van der Waals surface area (Å²) in [5, 5.41) is 3.49. The van der Waals surface area contributed by atoms with Crippen molar-refractivity contribution in [3.63, 3.8) is 0 Å². The van der Waals surface area contributed by atoms with E-state index < -0.39 is 0 Å². The first kappa shape index (κ1) is 13.8. The monoisotopic (exact) mass is 262 g/mol. The van der Waals surface area contributed by atoms with E-state index in [9.17, 15) is 4.79 Å². The first-order valence-electron chi connectivity index (χ1n) is 7.04. The highest BCUT2D eigenvalue weighted by Crippen LogP contribution is 2.30. The molecule has 0 amide bonds. The van der Waals surface area contributed by atoms with Gasteiger partial charge in [-0.1, -0.05) is 19.3 Å². The molecule has 0 bridgehead atoms. The molecule has 4 heteroatoms. The average Bonchev–Trinajstić information content (AvgIpc) is 2.40.